The van der Waals surface area contributed by atoms with Crippen molar-refractivity contribution in [1.29, 1.82) is 0 Å². The lowest BCUT2D eigenvalue weighted by Gasteiger charge is -2.21. The molecule has 1 aliphatic heterocycles. The average Bonchev–Trinajstić information content (AvgIpc) is 3.43. The maximum absolute atomic E-state index is 13.8. The van der Waals surface area contributed by atoms with Gasteiger partial charge in [0, 0.05) is 29.5 Å². The molecule has 2 N–H and O–H groups in total. The van der Waals surface area contributed by atoms with Crippen LogP contribution in [0, 0.1) is 5.82 Å². The van der Waals surface area contributed by atoms with Crippen LogP contribution in [0.2, 0.25) is 5.02 Å². The zero-order chi connectivity index (χ0) is 23.4. The summed E-state index contributed by atoms with van der Waals surface area (Å²) in [6.45, 7) is 1.41. The van der Waals surface area contributed by atoms with Crippen molar-refractivity contribution in [3.63, 3.8) is 0 Å². The second-order valence-electron chi connectivity index (χ2n) is 7.57. The first-order valence-corrected chi connectivity index (χ1v) is 11.6. The molecule has 1 unspecified atom stereocenters. The minimum absolute atomic E-state index is 0.0138. The molecule has 1 atom stereocenters. The third kappa shape index (κ3) is 5.61. The van der Waals surface area contributed by atoms with Crippen molar-refractivity contribution in [2.45, 2.75) is 18.9 Å². The van der Waals surface area contributed by atoms with Gasteiger partial charge in [-0.05, 0) is 36.8 Å². The van der Waals surface area contributed by atoms with Crippen molar-refractivity contribution in [3.05, 3.63) is 69.9 Å². The molecule has 0 spiro atoms. The van der Waals surface area contributed by atoms with Crippen LogP contribution in [-0.4, -0.2) is 43.0 Å². The number of carbonyl (C=O) groups is 2. The summed E-state index contributed by atoms with van der Waals surface area (Å²) in [6.07, 6.45) is 0.880. The van der Waals surface area contributed by atoms with Crippen LogP contribution >= 0.6 is 22.9 Å². The summed E-state index contributed by atoms with van der Waals surface area (Å²) in [5.41, 5.74) is 1.37. The van der Waals surface area contributed by atoms with Crippen molar-refractivity contribution in [2.75, 3.05) is 30.4 Å². The van der Waals surface area contributed by atoms with Gasteiger partial charge in [-0.1, -0.05) is 23.7 Å². The summed E-state index contributed by atoms with van der Waals surface area (Å²) < 4.78 is 19.2. The second-order valence-corrected chi connectivity index (χ2v) is 8.86. The first kappa shape index (κ1) is 23.0. The number of methoxy groups -OCH3 is 1. The van der Waals surface area contributed by atoms with Crippen LogP contribution in [0.15, 0.2) is 47.8 Å². The van der Waals surface area contributed by atoms with E-state index in [9.17, 15) is 14.0 Å². The van der Waals surface area contributed by atoms with Crippen LogP contribution in [0.5, 0.6) is 5.75 Å². The van der Waals surface area contributed by atoms with Crippen LogP contribution in [0.4, 0.5) is 15.2 Å². The summed E-state index contributed by atoms with van der Waals surface area (Å²) in [5.74, 6) is -0.607. The van der Waals surface area contributed by atoms with Crippen LogP contribution in [0.1, 0.15) is 22.5 Å². The summed E-state index contributed by atoms with van der Waals surface area (Å²) in [5, 5.41) is 8.25. The van der Waals surface area contributed by atoms with Crippen LogP contribution in [0.25, 0.3) is 0 Å². The molecule has 0 radical (unpaired) electrons. The topological polar surface area (TPSA) is 83.6 Å². The first-order chi connectivity index (χ1) is 15.9. The van der Waals surface area contributed by atoms with Gasteiger partial charge in [0.25, 0.3) is 5.91 Å². The zero-order valence-corrected chi connectivity index (χ0v) is 19.4. The summed E-state index contributed by atoms with van der Waals surface area (Å²) in [4.78, 5) is 31.2. The van der Waals surface area contributed by atoms with Gasteiger partial charge in [0.2, 0.25) is 5.91 Å². The highest BCUT2D eigenvalue weighted by molar-refractivity contribution is 7.14. The molecule has 10 heteroatoms. The predicted molar refractivity (Wildman–Crippen MR) is 127 cm³/mol. The number of amides is 2. The Morgan fingerprint density at radius 2 is 2.12 bits per heavy atom. The lowest BCUT2D eigenvalue weighted by molar-refractivity contribution is -0.121. The maximum Gasteiger partial charge on any atom is 0.260 e. The van der Waals surface area contributed by atoms with E-state index < -0.39 is 11.7 Å². The van der Waals surface area contributed by atoms with Gasteiger partial charge in [0.15, 0.2) is 5.13 Å². The standard InChI is InChI=1S/C23H22ClFN4O3S/c1-32-20-7-6-14(24)10-19(20)29-9-8-15(12-29)26-21(30)11-16-13-33-23(27-16)28-22(31)17-4-2-3-5-18(17)25/h2-7,10,13,15H,8-9,11-12H2,1H3,(H,26,30)(H,27,28,31). The van der Waals surface area contributed by atoms with E-state index in [2.05, 4.69) is 20.5 Å². The van der Waals surface area contributed by atoms with E-state index in [1.807, 2.05) is 12.1 Å². The Kier molecular flexibility index (Phi) is 7.10. The molecule has 33 heavy (non-hydrogen) atoms. The number of hydrogen-bond donors (Lipinski definition) is 2. The quantitative estimate of drug-likeness (QED) is 0.522. The molecule has 1 aromatic heterocycles. The Hall–Kier alpha value is -3.17. The van der Waals surface area contributed by atoms with Gasteiger partial charge in [-0.3, -0.25) is 14.9 Å². The van der Waals surface area contributed by atoms with Crippen molar-refractivity contribution in [2.24, 2.45) is 0 Å². The molecular formula is C23H22ClFN4O3S. The number of aromatic nitrogens is 1. The second kappa shape index (κ2) is 10.2. The number of nitrogens with one attached hydrogen (secondary N) is 2. The summed E-state index contributed by atoms with van der Waals surface area (Å²) in [6, 6.07) is 11.2. The molecule has 1 aliphatic rings. The zero-order valence-electron chi connectivity index (χ0n) is 17.8. The normalized spacial score (nSPS) is 15.4. The Morgan fingerprint density at radius 1 is 1.30 bits per heavy atom. The number of anilines is 2. The van der Waals surface area contributed by atoms with Crippen molar-refractivity contribution in [1.82, 2.24) is 10.3 Å². The molecule has 0 saturated carbocycles. The molecular weight excluding hydrogens is 467 g/mol. The van der Waals surface area contributed by atoms with E-state index in [1.165, 1.54) is 29.5 Å². The smallest absolute Gasteiger partial charge is 0.260 e. The third-order valence-electron chi connectivity index (χ3n) is 5.27. The molecule has 3 aromatic rings. The minimum Gasteiger partial charge on any atom is -0.495 e. The summed E-state index contributed by atoms with van der Waals surface area (Å²) in [7, 11) is 1.61. The number of carbonyl (C=O) groups excluding carboxylic acids is 2. The van der Waals surface area contributed by atoms with Crippen LogP contribution < -0.4 is 20.3 Å². The van der Waals surface area contributed by atoms with E-state index in [4.69, 9.17) is 16.3 Å². The predicted octanol–water partition coefficient (Wildman–Crippen LogP) is 4.13. The number of nitrogens with zero attached hydrogens (tertiary/aromatic N) is 2. The highest BCUT2D eigenvalue weighted by Gasteiger charge is 2.26. The Balaban J connectivity index is 1.30. The number of halogens is 2. The number of hydrogen-bond acceptors (Lipinski definition) is 6. The van der Waals surface area contributed by atoms with Gasteiger partial charge in [-0.2, -0.15) is 0 Å². The molecule has 7 nitrogen and oxygen atoms in total. The van der Waals surface area contributed by atoms with Gasteiger partial charge < -0.3 is 15.0 Å². The largest absolute Gasteiger partial charge is 0.495 e. The van der Waals surface area contributed by atoms with Crippen molar-refractivity contribution < 1.29 is 18.7 Å². The SMILES string of the molecule is COc1ccc(Cl)cc1N1CCC(NC(=O)Cc2csc(NC(=O)c3ccccc3F)n2)C1. The molecule has 2 amide bonds. The van der Waals surface area contributed by atoms with E-state index in [1.54, 1.807) is 24.6 Å². The van der Waals surface area contributed by atoms with Crippen molar-refractivity contribution >= 4 is 45.6 Å². The lowest BCUT2D eigenvalue weighted by atomic mass is 10.2. The third-order valence-corrected chi connectivity index (χ3v) is 6.31. The minimum atomic E-state index is -0.604. The molecule has 0 aliphatic carbocycles. The van der Waals surface area contributed by atoms with E-state index in [0.717, 1.165) is 24.4 Å². The molecule has 172 valence electrons. The Bertz CT molecular complexity index is 1170. The first-order valence-electron chi connectivity index (χ1n) is 10.3. The van der Waals surface area contributed by atoms with E-state index in [0.29, 0.717) is 22.4 Å². The molecule has 1 saturated heterocycles. The van der Waals surface area contributed by atoms with Gasteiger partial charge in [0.05, 0.1) is 30.5 Å². The fourth-order valence-electron chi connectivity index (χ4n) is 3.71. The van der Waals surface area contributed by atoms with Crippen molar-refractivity contribution in [3.8, 4) is 5.75 Å². The fraction of sp³-hybridized carbons (Fsp3) is 0.261. The average molecular weight is 489 g/mol. The van der Waals surface area contributed by atoms with E-state index >= 15 is 0 Å². The van der Waals surface area contributed by atoms with Crippen LogP contribution in [-0.2, 0) is 11.2 Å². The van der Waals surface area contributed by atoms with Gasteiger partial charge >= 0.3 is 0 Å². The van der Waals surface area contributed by atoms with E-state index in [-0.39, 0.29) is 23.9 Å². The van der Waals surface area contributed by atoms with Gasteiger partial charge in [-0.15, -0.1) is 11.3 Å². The monoisotopic (exact) mass is 488 g/mol. The fourth-order valence-corrected chi connectivity index (χ4v) is 4.58. The highest BCUT2D eigenvalue weighted by atomic mass is 35.5. The van der Waals surface area contributed by atoms with Gasteiger partial charge in [-0.25, -0.2) is 9.37 Å². The molecule has 0 bridgehead atoms. The summed E-state index contributed by atoms with van der Waals surface area (Å²) >= 11 is 7.32. The number of ether oxygens (including phenoxy) is 1. The van der Waals surface area contributed by atoms with Crippen LogP contribution in [0.3, 0.4) is 0 Å². The van der Waals surface area contributed by atoms with Gasteiger partial charge in [0.1, 0.15) is 11.6 Å². The number of benzene rings is 2. The number of rotatable bonds is 7. The lowest BCUT2D eigenvalue weighted by Crippen LogP contribution is -2.38. The molecule has 1 fully saturated rings. The maximum atomic E-state index is 13.8. The molecule has 2 heterocycles. The molecule has 2 aromatic carbocycles. The number of thiazole rings is 1. The molecule has 4 rings (SSSR count). The Labute approximate surface area is 199 Å². The highest BCUT2D eigenvalue weighted by Crippen LogP contribution is 2.33. The Morgan fingerprint density at radius 3 is 2.91 bits per heavy atom.